The first-order valence-corrected chi connectivity index (χ1v) is 6.68. The van der Waals surface area contributed by atoms with Crippen molar-refractivity contribution < 1.29 is 9.53 Å². The molecule has 0 unspecified atom stereocenters. The Hall–Kier alpha value is -1.52. The molecular formula is C13H21N3O2. The number of amides is 1. The van der Waals surface area contributed by atoms with Crippen molar-refractivity contribution in [3.05, 3.63) is 6.07 Å². The van der Waals surface area contributed by atoms with E-state index in [9.17, 15) is 4.79 Å². The summed E-state index contributed by atoms with van der Waals surface area (Å²) in [6, 6.07) is 1.72. The van der Waals surface area contributed by atoms with Gasteiger partial charge in [0, 0.05) is 12.0 Å². The van der Waals surface area contributed by atoms with Gasteiger partial charge < -0.3 is 10.1 Å². The summed E-state index contributed by atoms with van der Waals surface area (Å²) in [7, 11) is 0. The Labute approximate surface area is 107 Å². The zero-order chi connectivity index (χ0) is 13.0. The molecule has 1 amide bonds. The Morgan fingerprint density at radius 1 is 1.44 bits per heavy atom. The Morgan fingerprint density at radius 2 is 2.17 bits per heavy atom. The zero-order valence-corrected chi connectivity index (χ0v) is 11.0. The molecule has 5 heteroatoms. The minimum Gasteiger partial charge on any atom is -0.474 e. The summed E-state index contributed by atoms with van der Waals surface area (Å²) < 4.78 is 5.43. The number of hydrogen-bond acceptors (Lipinski definition) is 3. The van der Waals surface area contributed by atoms with Gasteiger partial charge in [0.1, 0.15) is 5.82 Å². The predicted molar refractivity (Wildman–Crippen MR) is 69.6 cm³/mol. The third-order valence-electron chi connectivity index (χ3n) is 3.14. The number of anilines is 1. The van der Waals surface area contributed by atoms with Gasteiger partial charge in [-0.3, -0.25) is 9.89 Å². The summed E-state index contributed by atoms with van der Waals surface area (Å²) in [6.45, 7) is 3.88. The van der Waals surface area contributed by atoms with Crippen LogP contribution in [0.15, 0.2) is 6.07 Å². The van der Waals surface area contributed by atoms with Gasteiger partial charge in [-0.1, -0.05) is 19.3 Å². The van der Waals surface area contributed by atoms with Gasteiger partial charge in [-0.25, -0.2) is 0 Å². The Bertz CT molecular complexity index is 395. The first-order valence-electron chi connectivity index (χ1n) is 6.68. The number of aromatic nitrogens is 2. The number of nitrogens with one attached hydrogen (secondary N) is 2. The molecule has 0 aliphatic heterocycles. The van der Waals surface area contributed by atoms with Gasteiger partial charge >= 0.3 is 0 Å². The van der Waals surface area contributed by atoms with E-state index in [4.69, 9.17) is 4.74 Å². The smallest absolute Gasteiger partial charge is 0.234 e. The van der Waals surface area contributed by atoms with Crippen LogP contribution >= 0.6 is 0 Å². The average Bonchev–Trinajstić information content (AvgIpc) is 2.76. The van der Waals surface area contributed by atoms with Crippen molar-refractivity contribution in [3.63, 3.8) is 0 Å². The van der Waals surface area contributed by atoms with E-state index in [0.717, 1.165) is 25.7 Å². The van der Waals surface area contributed by atoms with E-state index < -0.39 is 0 Å². The summed E-state index contributed by atoms with van der Waals surface area (Å²) in [5.74, 6) is 1.37. The number of ether oxygens (including phenoxy) is 1. The fourth-order valence-electron chi connectivity index (χ4n) is 2.27. The number of aromatic amines is 1. The van der Waals surface area contributed by atoms with Gasteiger partial charge in [0.25, 0.3) is 0 Å². The summed E-state index contributed by atoms with van der Waals surface area (Å²) in [4.78, 5) is 12.0. The molecule has 2 rings (SSSR count). The number of nitrogens with zero attached hydrogens (tertiary/aromatic N) is 1. The maximum absolute atomic E-state index is 12.0. The van der Waals surface area contributed by atoms with Crippen LogP contribution in [0.3, 0.4) is 0 Å². The molecule has 0 saturated heterocycles. The maximum Gasteiger partial charge on any atom is 0.234 e. The minimum atomic E-state index is 0.0789. The predicted octanol–water partition coefficient (Wildman–Crippen LogP) is 2.72. The summed E-state index contributed by atoms with van der Waals surface area (Å²) >= 11 is 0. The van der Waals surface area contributed by atoms with E-state index in [1.165, 1.54) is 6.42 Å². The lowest BCUT2D eigenvalue weighted by Gasteiger charge is -2.20. The van der Waals surface area contributed by atoms with Gasteiger partial charge in [-0.2, -0.15) is 0 Å². The molecular weight excluding hydrogens is 230 g/mol. The topological polar surface area (TPSA) is 67.0 Å². The molecule has 1 aromatic rings. The molecule has 0 spiro atoms. The van der Waals surface area contributed by atoms with Crippen LogP contribution in [-0.2, 0) is 4.79 Å². The summed E-state index contributed by atoms with van der Waals surface area (Å²) in [6.07, 6.45) is 5.63. The van der Waals surface area contributed by atoms with Crippen LogP contribution in [0.1, 0.15) is 46.0 Å². The van der Waals surface area contributed by atoms with Crippen LogP contribution in [0.2, 0.25) is 0 Å². The van der Waals surface area contributed by atoms with Gasteiger partial charge in [-0.05, 0) is 26.7 Å². The normalized spacial score (nSPS) is 16.8. The van der Waals surface area contributed by atoms with Crippen LogP contribution in [0.25, 0.3) is 0 Å². The van der Waals surface area contributed by atoms with Crippen molar-refractivity contribution >= 4 is 11.7 Å². The minimum absolute atomic E-state index is 0.0789. The third-order valence-corrected chi connectivity index (χ3v) is 3.14. The van der Waals surface area contributed by atoms with Crippen LogP contribution in [0.5, 0.6) is 5.88 Å². The molecule has 1 aliphatic carbocycles. The van der Waals surface area contributed by atoms with E-state index in [1.807, 2.05) is 13.8 Å². The molecule has 1 fully saturated rings. The lowest BCUT2D eigenvalue weighted by molar-refractivity contribution is -0.120. The second kappa shape index (κ2) is 5.89. The zero-order valence-electron chi connectivity index (χ0n) is 11.0. The largest absolute Gasteiger partial charge is 0.474 e. The molecule has 1 aliphatic rings. The van der Waals surface area contributed by atoms with Crippen LogP contribution in [0, 0.1) is 5.92 Å². The van der Waals surface area contributed by atoms with Crippen LogP contribution < -0.4 is 10.1 Å². The molecule has 0 aromatic carbocycles. The molecule has 5 nitrogen and oxygen atoms in total. The summed E-state index contributed by atoms with van der Waals surface area (Å²) in [5, 5.41) is 9.64. The van der Waals surface area contributed by atoms with E-state index in [1.54, 1.807) is 6.07 Å². The molecule has 1 aromatic heterocycles. The van der Waals surface area contributed by atoms with Gasteiger partial charge in [0.2, 0.25) is 11.8 Å². The van der Waals surface area contributed by atoms with Crippen molar-refractivity contribution in [2.75, 3.05) is 5.32 Å². The highest BCUT2D eigenvalue weighted by Gasteiger charge is 2.21. The highest BCUT2D eigenvalue weighted by molar-refractivity contribution is 5.91. The van der Waals surface area contributed by atoms with Crippen molar-refractivity contribution in [2.24, 2.45) is 5.92 Å². The first kappa shape index (κ1) is 12.9. The maximum atomic E-state index is 12.0. The van der Waals surface area contributed by atoms with Crippen LogP contribution in [0.4, 0.5) is 5.82 Å². The highest BCUT2D eigenvalue weighted by Crippen LogP contribution is 2.25. The second-order valence-corrected chi connectivity index (χ2v) is 5.11. The van der Waals surface area contributed by atoms with E-state index in [0.29, 0.717) is 11.7 Å². The highest BCUT2D eigenvalue weighted by atomic mass is 16.5. The van der Waals surface area contributed by atoms with E-state index in [2.05, 4.69) is 15.5 Å². The Kier molecular flexibility index (Phi) is 4.23. The SMILES string of the molecule is CC(C)Oc1cc(NC(=O)C2CCCCC2)[nH]n1. The monoisotopic (exact) mass is 251 g/mol. The lowest BCUT2D eigenvalue weighted by Crippen LogP contribution is -2.24. The van der Waals surface area contributed by atoms with Gasteiger partial charge in [0.15, 0.2) is 0 Å². The average molecular weight is 251 g/mol. The molecule has 0 radical (unpaired) electrons. The quantitative estimate of drug-likeness (QED) is 0.864. The fraction of sp³-hybridized carbons (Fsp3) is 0.692. The molecule has 1 heterocycles. The van der Waals surface area contributed by atoms with Gasteiger partial charge in [0.05, 0.1) is 6.10 Å². The number of carbonyl (C=O) groups excluding carboxylic acids is 1. The first-order chi connectivity index (χ1) is 8.65. The lowest BCUT2D eigenvalue weighted by atomic mass is 9.89. The Morgan fingerprint density at radius 3 is 2.83 bits per heavy atom. The number of rotatable bonds is 4. The third kappa shape index (κ3) is 3.48. The van der Waals surface area contributed by atoms with Crippen molar-refractivity contribution in [1.82, 2.24) is 10.2 Å². The number of carbonyl (C=O) groups is 1. The standard InChI is InChI=1S/C13H21N3O2/c1-9(2)18-12-8-11(15-16-12)14-13(17)10-6-4-3-5-7-10/h8-10H,3-7H2,1-2H3,(H2,14,15,16,17). The van der Waals surface area contributed by atoms with Crippen molar-refractivity contribution in [3.8, 4) is 5.88 Å². The second-order valence-electron chi connectivity index (χ2n) is 5.11. The Balaban J connectivity index is 1.88. The van der Waals surface area contributed by atoms with E-state index >= 15 is 0 Å². The molecule has 0 atom stereocenters. The molecule has 100 valence electrons. The molecule has 1 saturated carbocycles. The molecule has 18 heavy (non-hydrogen) atoms. The summed E-state index contributed by atoms with van der Waals surface area (Å²) in [5.41, 5.74) is 0. The van der Waals surface area contributed by atoms with Crippen LogP contribution in [-0.4, -0.2) is 22.2 Å². The van der Waals surface area contributed by atoms with Crippen molar-refractivity contribution in [1.29, 1.82) is 0 Å². The molecule has 2 N–H and O–H groups in total. The molecule has 0 bridgehead atoms. The fourth-order valence-corrected chi connectivity index (χ4v) is 2.27. The van der Waals surface area contributed by atoms with Gasteiger partial charge in [-0.15, -0.1) is 5.10 Å². The number of H-pyrrole nitrogens is 1. The van der Waals surface area contributed by atoms with E-state index in [-0.39, 0.29) is 17.9 Å². The van der Waals surface area contributed by atoms with Crippen molar-refractivity contribution in [2.45, 2.75) is 52.1 Å². The number of hydrogen-bond donors (Lipinski definition) is 2.